The molecule has 5 fully saturated rings. The molecule has 1 aromatic heterocycles. The second-order valence-electron chi connectivity index (χ2n) is 11.6. The third-order valence-electron chi connectivity index (χ3n) is 9.26. The van der Waals surface area contributed by atoms with Gasteiger partial charge in [0.05, 0.1) is 10.9 Å². The molecule has 1 aliphatic heterocycles. The Morgan fingerprint density at radius 2 is 1.83 bits per heavy atom. The van der Waals surface area contributed by atoms with Gasteiger partial charge in [-0.25, -0.2) is 4.98 Å². The second kappa shape index (κ2) is 9.29. The average Bonchev–Trinajstić information content (AvgIpc) is 3.22. The molecule has 36 heavy (non-hydrogen) atoms. The van der Waals surface area contributed by atoms with Gasteiger partial charge in [0.15, 0.2) is 0 Å². The van der Waals surface area contributed by atoms with Crippen LogP contribution in [-0.4, -0.2) is 40.0 Å². The lowest BCUT2D eigenvalue weighted by Crippen LogP contribution is -2.46. The quantitative estimate of drug-likeness (QED) is 0.367. The van der Waals surface area contributed by atoms with E-state index in [1.54, 1.807) is 6.92 Å². The normalized spacial score (nSPS) is 30.8. The number of nitrogens with one attached hydrogen (secondary N) is 3. The smallest absolute Gasteiger partial charge is 0.264 e. The SMILES string of the molecule is Cc1nc2cccc(NCCCCCNC34C[C@@H]5CC3C[C@@H](C5)C4)c2c(=O)n1C1CCC(=O)NC1=O. The summed E-state index contributed by atoms with van der Waals surface area (Å²) >= 11 is 0. The van der Waals surface area contributed by atoms with Crippen LogP contribution in [0.4, 0.5) is 5.69 Å². The molecule has 1 aromatic carbocycles. The molecule has 3 N–H and O–H groups in total. The van der Waals surface area contributed by atoms with Crippen molar-refractivity contribution in [3.05, 3.63) is 34.4 Å². The topological polar surface area (TPSA) is 105 Å². The highest BCUT2D eigenvalue weighted by Crippen LogP contribution is 2.60. The van der Waals surface area contributed by atoms with E-state index in [1.165, 1.54) is 43.1 Å². The molecule has 3 unspecified atom stereocenters. The van der Waals surface area contributed by atoms with Gasteiger partial charge in [0, 0.05) is 24.2 Å². The van der Waals surface area contributed by atoms with E-state index in [0.717, 1.165) is 49.4 Å². The number of hydrogen-bond donors (Lipinski definition) is 3. The lowest BCUT2D eigenvalue weighted by atomic mass is 9.80. The number of piperidine rings is 1. The van der Waals surface area contributed by atoms with E-state index >= 15 is 0 Å². The molecule has 2 amide bonds. The van der Waals surface area contributed by atoms with E-state index in [9.17, 15) is 14.4 Å². The first kappa shape index (κ1) is 23.6. The Labute approximate surface area is 211 Å². The second-order valence-corrected chi connectivity index (χ2v) is 11.6. The summed E-state index contributed by atoms with van der Waals surface area (Å²) in [5, 5.41) is 10.3. The van der Waals surface area contributed by atoms with Crippen LogP contribution in [0.1, 0.15) is 76.1 Å². The number of fused-ring (bicyclic) bond motifs is 1. The van der Waals surface area contributed by atoms with Crippen molar-refractivity contribution in [1.29, 1.82) is 0 Å². The summed E-state index contributed by atoms with van der Waals surface area (Å²) in [7, 11) is 0. The number of carbonyl (C=O) groups excluding carboxylic acids is 2. The fourth-order valence-corrected chi connectivity index (χ4v) is 7.87. The molecule has 2 aromatic rings. The van der Waals surface area contributed by atoms with Crippen molar-refractivity contribution in [1.82, 2.24) is 20.2 Å². The van der Waals surface area contributed by atoms with Gasteiger partial charge in [-0.1, -0.05) is 12.5 Å². The fourth-order valence-electron chi connectivity index (χ4n) is 7.87. The molecule has 4 bridgehead atoms. The summed E-state index contributed by atoms with van der Waals surface area (Å²) in [5.41, 5.74) is 1.60. The zero-order valence-corrected chi connectivity index (χ0v) is 21.1. The molecule has 5 aliphatic rings. The minimum atomic E-state index is -0.711. The number of unbranched alkanes of at least 4 members (excludes halogenated alkanes) is 2. The fraction of sp³-hybridized carbons (Fsp3) is 0.643. The summed E-state index contributed by atoms with van der Waals surface area (Å²) < 4.78 is 1.45. The Bertz CT molecular complexity index is 1240. The monoisotopic (exact) mass is 491 g/mol. The number of rotatable bonds is 9. The van der Waals surface area contributed by atoms with Crippen molar-refractivity contribution in [2.24, 2.45) is 17.8 Å². The number of anilines is 1. The van der Waals surface area contributed by atoms with Crippen LogP contribution >= 0.6 is 0 Å². The van der Waals surface area contributed by atoms with Gasteiger partial charge in [-0.3, -0.25) is 24.3 Å². The lowest BCUT2D eigenvalue weighted by Gasteiger charge is -2.34. The van der Waals surface area contributed by atoms with Crippen LogP contribution in [0, 0.1) is 24.7 Å². The van der Waals surface area contributed by atoms with Gasteiger partial charge < -0.3 is 10.6 Å². The molecule has 8 nitrogen and oxygen atoms in total. The third-order valence-corrected chi connectivity index (χ3v) is 9.26. The Kier molecular flexibility index (Phi) is 6.10. The molecule has 1 saturated heterocycles. The number of aryl methyl sites for hydroxylation is 1. The maximum atomic E-state index is 13.5. The zero-order valence-electron chi connectivity index (χ0n) is 21.1. The maximum absolute atomic E-state index is 13.5. The Morgan fingerprint density at radius 3 is 2.61 bits per heavy atom. The van der Waals surface area contributed by atoms with Gasteiger partial charge in [-0.2, -0.15) is 0 Å². The van der Waals surface area contributed by atoms with Crippen molar-refractivity contribution in [2.75, 3.05) is 18.4 Å². The van der Waals surface area contributed by atoms with Crippen molar-refractivity contribution in [2.45, 2.75) is 82.7 Å². The summed E-state index contributed by atoms with van der Waals surface area (Å²) in [4.78, 5) is 42.2. The Balaban J connectivity index is 1.06. The summed E-state index contributed by atoms with van der Waals surface area (Å²) in [6.07, 6.45) is 11.1. The molecule has 4 saturated carbocycles. The van der Waals surface area contributed by atoms with Gasteiger partial charge >= 0.3 is 0 Å². The highest BCUT2D eigenvalue weighted by atomic mass is 16.2. The first-order valence-corrected chi connectivity index (χ1v) is 13.8. The zero-order chi connectivity index (χ0) is 24.9. The number of carbonyl (C=O) groups is 2. The van der Waals surface area contributed by atoms with E-state index in [1.807, 2.05) is 18.2 Å². The summed E-state index contributed by atoms with van der Waals surface area (Å²) in [5.74, 6) is 2.65. The van der Waals surface area contributed by atoms with Crippen LogP contribution in [-0.2, 0) is 9.59 Å². The molecule has 0 radical (unpaired) electrons. The maximum Gasteiger partial charge on any atom is 0.264 e. The van der Waals surface area contributed by atoms with Gasteiger partial charge in [0.25, 0.3) is 5.56 Å². The molecule has 0 spiro atoms. The van der Waals surface area contributed by atoms with Crippen LogP contribution in [0.25, 0.3) is 10.9 Å². The summed E-state index contributed by atoms with van der Waals surface area (Å²) in [6, 6.07) is 4.93. The van der Waals surface area contributed by atoms with Crippen LogP contribution in [0.3, 0.4) is 0 Å². The molecule has 8 heteroatoms. The van der Waals surface area contributed by atoms with Crippen LogP contribution < -0.4 is 21.5 Å². The Hall–Kier alpha value is -2.74. The van der Waals surface area contributed by atoms with Gasteiger partial charge in [0.1, 0.15) is 11.9 Å². The molecule has 2 heterocycles. The highest BCUT2D eigenvalue weighted by molar-refractivity contribution is 5.99. The molecular formula is C28H37N5O3. The predicted molar refractivity (Wildman–Crippen MR) is 139 cm³/mol. The van der Waals surface area contributed by atoms with Gasteiger partial charge in [-0.05, 0) is 94.7 Å². The number of nitrogens with zero attached hydrogens (tertiary/aromatic N) is 2. The largest absolute Gasteiger partial charge is 0.384 e. The molecule has 5 atom stereocenters. The minimum Gasteiger partial charge on any atom is -0.384 e. The highest BCUT2D eigenvalue weighted by Gasteiger charge is 2.57. The van der Waals surface area contributed by atoms with Crippen LogP contribution in [0.15, 0.2) is 23.0 Å². The van der Waals surface area contributed by atoms with E-state index in [2.05, 4.69) is 20.9 Å². The molecular weight excluding hydrogens is 454 g/mol. The summed E-state index contributed by atoms with van der Waals surface area (Å²) in [6.45, 7) is 3.62. The van der Waals surface area contributed by atoms with E-state index in [0.29, 0.717) is 28.7 Å². The molecule has 192 valence electrons. The first-order chi connectivity index (χ1) is 17.4. The number of hydrogen-bond acceptors (Lipinski definition) is 6. The third kappa shape index (κ3) is 4.13. The van der Waals surface area contributed by atoms with E-state index < -0.39 is 11.9 Å². The van der Waals surface area contributed by atoms with E-state index in [-0.39, 0.29) is 17.9 Å². The number of imide groups is 1. The van der Waals surface area contributed by atoms with Crippen molar-refractivity contribution < 1.29 is 9.59 Å². The molecule has 4 aliphatic carbocycles. The first-order valence-electron chi connectivity index (χ1n) is 13.8. The van der Waals surface area contributed by atoms with Crippen molar-refractivity contribution >= 4 is 28.4 Å². The number of benzene rings is 1. The lowest BCUT2D eigenvalue weighted by molar-refractivity contribution is -0.135. The number of amides is 2. The Morgan fingerprint density at radius 1 is 1.06 bits per heavy atom. The van der Waals surface area contributed by atoms with Gasteiger partial charge in [0.2, 0.25) is 11.8 Å². The van der Waals surface area contributed by atoms with E-state index in [4.69, 9.17) is 0 Å². The number of aromatic nitrogens is 2. The standard InChI is InChI=1S/C28H37N5O3/c1-17-31-22-7-5-6-21(25(22)27(36)33(17)23-8-9-24(34)32-26(23)35)29-10-3-2-4-11-30-28-15-18-12-19(16-28)14-20(28)13-18/h5-7,18-20,23,29-30H,2-4,8-16H2,1H3,(H,32,34,35)/t18-,19+,20?,23?,28?. The average molecular weight is 492 g/mol. The van der Waals surface area contributed by atoms with Crippen LogP contribution in [0.2, 0.25) is 0 Å². The van der Waals surface area contributed by atoms with Crippen molar-refractivity contribution in [3.63, 3.8) is 0 Å². The predicted octanol–water partition coefficient (Wildman–Crippen LogP) is 3.43. The van der Waals surface area contributed by atoms with Gasteiger partial charge in [-0.15, -0.1) is 0 Å². The van der Waals surface area contributed by atoms with Crippen molar-refractivity contribution in [3.8, 4) is 0 Å². The minimum absolute atomic E-state index is 0.220. The van der Waals surface area contributed by atoms with Crippen LogP contribution in [0.5, 0.6) is 0 Å². The molecule has 7 rings (SSSR count).